The second kappa shape index (κ2) is 8.05. The van der Waals surface area contributed by atoms with Crippen LogP contribution in [0, 0.1) is 0 Å². The Morgan fingerprint density at radius 3 is 2.71 bits per heavy atom. The highest BCUT2D eigenvalue weighted by Crippen LogP contribution is 2.17. The summed E-state index contributed by atoms with van der Waals surface area (Å²) in [5, 5.41) is 0. The molecule has 2 N–H and O–H groups in total. The first-order chi connectivity index (χ1) is 10.1. The van der Waals surface area contributed by atoms with Crippen LogP contribution in [0.1, 0.15) is 12.0 Å². The molecule has 0 unspecified atom stereocenters. The molecule has 0 aliphatic rings. The molecule has 0 aliphatic carbocycles. The molecular weight excluding hydrogens is 328 g/mol. The smallest absolute Gasteiger partial charge is 0.121 e. The van der Waals surface area contributed by atoms with Crippen molar-refractivity contribution in [2.24, 2.45) is 0 Å². The van der Waals surface area contributed by atoms with Gasteiger partial charge in [-0.2, -0.15) is 0 Å². The molecule has 0 saturated heterocycles. The van der Waals surface area contributed by atoms with E-state index >= 15 is 0 Å². The SMILES string of the molecule is CN(CCCOc1cccc(N)c1)Cc1ccccc1Br. The number of benzene rings is 2. The minimum atomic E-state index is 0.698. The highest BCUT2D eigenvalue weighted by atomic mass is 79.9. The fourth-order valence-corrected chi connectivity index (χ4v) is 2.54. The molecule has 0 amide bonds. The molecule has 2 aromatic carbocycles. The summed E-state index contributed by atoms with van der Waals surface area (Å²) in [5.41, 5.74) is 7.76. The normalized spacial score (nSPS) is 10.8. The Hall–Kier alpha value is -1.52. The van der Waals surface area contributed by atoms with Gasteiger partial charge in [0.05, 0.1) is 6.61 Å². The van der Waals surface area contributed by atoms with Gasteiger partial charge in [0.2, 0.25) is 0 Å². The summed E-state index contributed by atoms with van der Waals surface area (Å²) in [5.74, 6) is 0.837. The fraction of sp³-hybridized carbons (Fsp3) is 0.294. The van der Waals surface area contributed by atoms with Crippen LogP contribution in [0.15, 0.2) is 53.0 Å². The number of ether oxygens (including phenoxy) is 1. The summed E-state index contributed by atoms with van der Waals surface area (Å²) in [7, 11) is 2.12. The van der Waals surface area contributed by atoms with Gasteiger partial charge in [0.25, 0.3) is 0 Å². The maximum Gasteiger partial charge on any atom is 0.121 e. The van der Waals surface area contributed by atoms with Gasteiger partial charge in [0.15, 0.2) is 0 Å². The Bertz CT molecular complexity index is 574. The summed E-state index contributed by atoms with van der Waals surface area (Å²) in [4.78, 5) is 2.29. The van der Waals surface area contributed by atoms with E-state index in [9.17, 15) is 0 Å². The van der Waals surface area contributed by atoms with Crippen molar-refractivity contribution in [3.05, 3.63) is 58.6 Å². The molecule has 3 nitrogen and oxygen atoms in total. The molecule has 0 aromatic heterocycles. The minimum Gasteiger partial charge on any atom is -0.493 e. The van der Waals surface area contributed by atoms with Crippen LogP contribution >= 0.6 is 15.9 Å². The topological polar surface area (TPSA) is 38.5 Å². The van der Waals surface area contributed by atoms with E-state index in [-0.39, 0.29) is 0 Å². The van der Waals surface area contributed by atoms with Crippen molar-refractivity contribution in [2.45, 2.75) is 13.0 Å². The van der Waals surface area contributed by atoms with E-state index in [0.29, 0.717) is 6.61 Å². The van der Waals surface area contributed by atoms with E-state index in [1.54, 1.807) is 0 Å². The summed E-state index contributed by atoms with van der Waals surface area (Å²) < 4.78 is 6.86. The van der Waals surface area contributed by atoms with Gasteiger partial charge in [-0.15, -0.1) is 0 Å². The van der Waals surface area contributed by atoms with Crippen LogP contribution < -0.4 is 10.5 Å². The summed E-state index contributed by atoms with van der Waals surface area (Å²) in [6, 6.07) is 15.9. The van der Waals surface area contributed by atoms with Crippen molar-refractivity contribution in [2.75, 3.05) is 25.9 Å². The second-order valence-electron chi connectivity index (χ2n) is 5.10. The number of anilines is 1. The van der Waals surface area contributed by atoms with E-state index in [2.05, 4.69) is 46.1 Å². The van der Waals surface area contributed by atoms with Crippen LogP contribution in [0.25, 0.3) is 0 Å². The number of halogens is 1. The average molecular weight is 349 g/mol. The third kappa shape index (κ3) is 5.40. The molecule has 0 radical (unpaired) electrons. The molecule has 2 rings (SSSR count). The highest BCUT2D eigenvalue weighted by molar-refractivity contribution is 9.10. The van der Waals surface area contributed by atoms with E-state index in [4.69, 9.17) is 10.5 Å². The first-order valence-electron chi connectivity index (χ1n) is 7.05. The third-order valence-electron chi connectivity index (χ3n) is 3.21. The predicted molar refractivity (Wildman–Crippen MR) is 91.4 cm³/mol. The van der Waals surface area contributed by atoms with Crippen LogP contribution in [0.5, 0.6) is 5.75 Å². The number of hydrogen-bond donors (Lipinski definition) is 1. The lowest BCUT2D eigenvalue weighted by atomic mass is 10.2. The number of hydrogen-bond acceptors (Lipinski definition) is 3. The molecule has 0 aliphatic heterocycles. The molecule has 0 fully saturated rings. The van der Waals surface area contributed by atoms with Gasteiger partial charge in [-0.1, -0.05) is 40.2 Å². The zero-order valence-corrected chi connectivity index (χ0v) is 13.8. The predicted octanol–water partition coefficient (Wildman–Crippen LogP) is 3.93. The maximum absolute atomic E-state index is 5.72. The van der Waals surface area contributed by atoms with Gasteiger partial charge in [-0.05, 0) is 37.2 Å². The first kappa shape index (κ1) is 15.9. The van der Waals surface area contributed by atoms with Crippen LogP contribution in [0.3, 0.4) is 0 Å². The van der Waals surface area contributed by atoms with Crippen LogP contribution in [-0.4, -0.2) is 25.1 Å². The lowest BCUT2D eigenvalue weighted by molar-refractivity contribution is 0.258. The molecule has 0 heterocycles. The largest absolute Gasteiger partial charge is 0.493 e. The molecule has 4 heteroatoms. The van der Waals surface area contributed by atoms with Gasteiger partial charge >= 0.3 is 0 Å². The van der Waals surface area contributed by atoms with Crippen molar-refractivity contribution < 1.29 is 4.74 Å². The van der Waals surface area contributed by atoms with Crippen molar-refractivity contribution >= 4 is 21.6 Å². The molecule has 21 heavy (non-hydrogen) atoms. The fourth-order valence-electron chi connectivity index (χ4n) is 2.13. The Labute approximate surface area is 134 Å². The summed E-state index contributed by atoms with van der Waals surface area (Å²) in [6.45, 7) is 2.62. The van der Waals surface area contributed by atoms with Crippen LogP contribution in [0.4, 0.5) is 5.69 Å². The van der Waals surface area contributed by atoms with E-state index < -0.39 is 0 Å². The van der Waals surface area contributed by atoms with E-state index in [1.165, 1.54) is 5.56 Å². The molecule has 0 saturated carbocycles. The first-order valence-corrected chi connectivity index (χ1v) is 7.85. The summed E-state index contributed by atoms with van der Waals surface area (Å²) in [6.07, 6.45) is 0.982. The lowest BCUT2D eigenvalue weighted by Gasteiger charge is -2.17. The monoisotopic (exact) mass is 348 g/mol. The zero-order chi connectivity index (χ0) is 15.1. The van der Waals surface area contributed by atoms with E-state index in [1.807, 2.05) is 30.3 Å². The van der Waals surface area contributed by atoms with Crippen molar-refractivity contribution in [3.63, 3.8) is 0 Å². The van der Waals surface area contributed by atoms with Gasteiger partial charge < -0.3 is 15.4 Å². The van der Waals surface area contributed by atoms with Crippen LogP contribution in [-0.2, 0) is 6.54 Å². The van der Waals surface area contributed by atoms with Crippen molar-refractivity contribution in [1.29, 1.82) is 0 Å². The van der Waals surface area contributed by atoms with Gasteiger partial charge in [0, 0.05) is 29.3 Å². The van der Waals surface area contributed by atoms with Crippen molar-refractivity contribution in [3.8, 4) is 5.75 Å². The molecule has 2 aromatic rings. The second-order valence-corrected chi connectivity index (χ2v) is 5.96. The Morgan fingerprint density at radius 2 is 1.95 bits per heavy atom. The summed E-state index contributed by atoms with van der Waals surface area (Å²) >= 11 is 3.58. The van der Waals surface area contributed by atoms with Crippen LogP contribution in [0.2, 0.25) is 0 Å². The number of nitrogens with two attached hydrogens (primary N) is 1. The van der Waals surface area contributed by atoms with Crippen molar-refractivity contribution in [1.82, 2.24) is 4.90 Å². The standard InChI is InChI=1S/C17H21BrN2O/c1-20(13-14-6-2-3-9-17(14)18)10-5-11-21-16-8-4-7-15(19)12-16/h2-4,6-9,12H,5,10-11,13,19H2,1H3. The third-order valence-corrected chi connectivity index (χ3v) is 3.98. The molecule has 112 valence electrons. The minimum absolute atomic E-state index is 0.698. The van der Waals surface area contributed by atoms with Gasteiger partial charge in [-0.3, -0.25) is 0 Å². The molecule has 0 bridgehead atoms. The number of nitrogens with zero attached hydrogens (tertiary/aromatic N) is 1. The van der Waals surface area contributed by atoms with E-state index in [0.717, 1.165) is 35.4 Å². The highest BCUT2D eigenvalue weighted by Gasteiger charge is 2.03. The molecule has 0 spiro atoms. The average Bonchev–Trinajstić information content (AvgIpc) is 2.46. The molecular formula is C17H21BrN2O. The lowest BCUT2D eigenvalue weighted by Crippen LogP contribution is -2.21. The number of nitrogen functional groups attached to an aromatic ring is 1. The number of rotatable bonds is 7. The Kier molecular flexibility index (Phi) is 6.08. The van der Waals surface area contributed by atoms with Gasteiger partial charge in [0.1, 0.15) is 5.75 Å². The maximum atomic E-state index is 5.72. The van der Waals surface area contributed by atoms with Gasteiger partial charge in [-0.25, -0.2) is 0 Å². The zero-order valence-electron chi connectivity index (χ0n) is 12.3. The Balaban J connectivity index is 1.70. The quantitative estimate of drug-likeness (QED) is 0.608. The molecule has 0 atom stereocenters. The Morgan fingerprint density at radius 1 is 1.14 bits per heavy atom.